The third-order valence-electron chi connectivity index (χ3n) is 6.19. The number of imidazole rings is 1. The summed E-state index contributed by atoms with van der Waals surface area (Å²) in [5.74, 6) is -0.180. The second-order valence-corrected chi connectivity index (χ2v) is 10.7. The Kier molecular flexibility index (Phi) is 5.27. The van der Waals surface area contributed by atoms with Crippen LogP contribution in [0, 0.1) is 6.92 Å². The first-order chi connectivity index (χ1) is 16.9. The molecular weight excluding hydrogens is 484 g/mol. The molecule has 1 aliphatic rings. The molecule has 11 nitrogen and oxygen atoms in total. The molecule has 0 spiro atoms. The van der Waals surface area contributed by atoms with E-state index in [1.807, 2.05) is 42.8 Å². The van der Waals surface area contributed by atoms with Crippen LogP contribution in [-0.4, -0.2) is 56.9 Å². The van der Waals surface area contributed by atoms with Crippen LogP contribution < -0.4 is 0 Å². The summed E-state index contributed by atoms with van der Waals surface area (Å²) in [4.78, 5) is 23.1. The van der Waals surface area contributed by atoms with Gasteiger partial charge in [-0.15, -0.1) is 28.7 Å². The highest BCUT2D eigenvalue weighted by Crippen LogP contribution is 2.36. The van der Waals surface area contributed by atoms with Gasteiger partial charge in [-0.3, -0.25) is 9.48 Å². The molecule has 35 heavy (non-hydrogen) atoms. The number of pyridine rings is 1. The average molecular weight is 507 g/mol. The lowest BCUT2D eigenvalue weighted by molar-refractivity contribution is 0.0646. The Morgan fingerprint density at radius 2 is 2.11 bits per heavy atom. The van der Waals surface area contributed by atoms with Crippen LogP contribution in [0.4, 0.5) is 0 Å². The Morgan fingerprint density at radius 3 is 2.89 bits per heavy atom. The lowest BCUT2D eigenvalue weighted by Crippen LogP contribution is -2.41. The van der Waals surface area contributed by atoms with Crippen LogP contribution in [0.15, 0.2) is 41.2 Å². The van der Waals surface area contributed by atoms with Crippen molar-refractivity contribution in [2.45, 2.75) is 24.8 Å². The van der Waals surface area contributed by atoms with Crippen LogP contribution in [0.25, 0.3) is 17.0 Å². The number of aryl methyl sites for hydroxylation is 2. The molecular formula is C22H23N9O2P2. The number of rotatable bonds is 4. The van der Waals surface area contributed by atoms with Gasteiger partial charge in [0, 0.05) is 37.3 Å². The Bertz CT molecular complexity index is 1560. The molecule has 6 heterocycles. The molecule has 2 unspecified atom stereocenters. The molecule has 5 aromatic heterocycles. The highest BCUT2D eigenvalue weighted by atomic mass is 31.1. The van der Waals surface area contributed by atoms with E-state index in [0.29, 0.717) is 18.5 Å². The standard InChI is InChI=1S/C22H23N9O2P2/c1-11-13(9-29(2)27-11)19-25-26-20(33-19)21(32)30-7-6-14-17(24-10-23-14)18(30)15-8-12-4-3-5-16(22(34)35)31(12)28-15/h3-5,8-10,18,22H,6-7,34-35H2,1-2H3,(H,23,24)/t18-/m0/s1. The van der Waals surface area contributed by atoms with E-state index < -0.39 is 6.04 Å². The van der Waals surface area contributed by atoms with Crippen LogP contribution in [0.1, 0.15) is 50.6 Å². The van der Waals surface area contributed by atoms with Gasteiger partial charge in [-0.2, -0.15) is 10.2 Å². The van der Waals surface area contributed by atoms with Gasteiger partial charge in [0.05, 0.1) is 40.2 Å². The van der Waals surface area contributed by atoms with Gasteiger partial charge < -0.3 is 14.3 Å². The number of aromatic amines is 1. The van der Waals surface area contributed by atoms with Crippen LogP contribution in [-0.2, 0) is 13.5 Å². The Hall–Kier alpha value is -3.42. The Balaban J connectivity index is 1.41. The minimum absolute atomic E-state index is 0.0772. The van der Waals surface area contributed by atoms with Crippen molar-refractivity contribution in [2.24, 2.45) is 7.05 Å². The quantitative estimate of drug-likeness (QED) is 0.371. The van der Waals surface area contributed by atoms with Gasteiger partial charge in [-0.05, 0) is 25.1 Å². The molecule has 1 aliphatic heterocycles. The maximum absolute atomic E-state index is 13.7. The van der Waals surface area contributed by atoms with Gasteiger partial charge in [-0.1, -0.05) is 6.07 Å². The highest BCUT2D eigenvalue weighted by molar-refractivity contribution is 7.37. The van der Waals surface area contributed by atoms with Crippen LogP contribution >= 0.6 is 18.5 Å². The zero-order valence-corrected chi connectivity index (χ0v) is 21.4. The predicted molar refractivity (Wildman–Crippen MR) is 134 cm³/mol. The average Bonchev–Trinajstić information content (AvgIpc) is 3.62. The summed E-state index contributed by atoms with van der Waals surface area (Å²) in [6, 6.07) is 7.53. The van der Waals surface area contributed by atoms with Crippen molar-refractivity contribution in [3.05, 3.63) is 71.1 Å². The lowest BCUT2D eigenvalue weighted by Gasteiger charge is -2.32. The molecule has 1 amide bonds. The number of hydrogen-bond donors (Lipinski definition) is 1. The number of aromatic nitrogens is 8. The topological polar surface area (TPSA) is 123 Å². The van der Waals surface area contributed by atoms with Gasteiger partial charge in [0.1, 0.15) is 6.04 Å². The third-order valence-corrected chi connectivity index (χ3v) is 6.88. The van der Waals surface area contributed by atoms with E-state index in [9.17, 15) is 4.79 Å². The van der Waals surface area contributed by atoms with Gasteiger partial charge >= 0.3 is 11.8 Å². The molecule has 3 atom stereocenters. The second-order valence-electron chi connectivity index (χ2n) is 8.51. The van der Waals surface area contributed by atoms with E-state index in [2.05, 4.69) is 43.7 Å². The number of amides is 1. The van der Waals surface area contributed by atoms with Crippen molar-refractivity contribution in [3.63, 3.8) is 0 Å². The van der Waals surface area contributed by atoms with E-state index >= 15 is 0 Å². The van der Waals surface area contributed by atoms with Crippen molar-refractivity contribution >= 4 is 29.9 Å². The number of nitrogens with one attached hydrogen (secondary N) is 1. The first-order valence-corrected chi connectivity index (χ1v) is 12.4. The smallest absolute Gasteiger partial charge is 0.312 e. The molecule has 1 N–H and O–H groups in total. The number of carbonyl (C=O) groups is 1. The molecule has 0 saturated heterocycles. The summed E-state index contributed by atoms with van der Waals surface area (Å²) < 4.78 is 9.39. The van der Waals surface area contributed by atoms with Crippen molar-refractivity contribution in [2.75, 3.05) is 6.54 Å². The molecule has 0 bridgehead atoms. The van der Waals surface area contributed by atoms with Crippen molar-refractivity contribution in [3.8, 4) is 11.5 Å². The van der Waals surface area contributed by atoms with Gasteiger partial charge in [0.2, 0.25) is 0 Å². The first kappa shape index (κ1) is 22.1. The predicted octanol–water partition coefficient (Wildman–Crippen LogP) is 2.69. The summed E-state index contributed by atoms with van der Waals surface area (Å²) in [7, 11) is 7.35. The van der Waals surface area contributed by atoms with E-state index in [-0.39, 0.29) is 23.1 Å². The maximum Gasteiger partial charge on any atom is 0.312 e. The molecule has 178 valence electrons. The fraction of sp³-hybridized carbons (Fsp3) is 0.273. The van der Waals surface area contributed by atoms with Gasteiger partial charge in [0.15, 0.2) is 0 Å². The number of nitrogens with zero attached hydrogens (tertiary/aromatic N) is 8. The third kappa shape index (κ3) is 3.66. The summed E-state index contributed by atoms with van der Waals surface area (Å²) in [6.45, 7) is 2.31. The normalized spacial score (nSPS) is 15.8. The van der Waals surface area contributed by atoms with E-state index in [1.54, 1.807) is 22.1 Å². The zero-order valence-electron chi connectivity index (χ0n) is 19.1. The molecule has 0 saturated carbocycles. The van der Waals surface area contributed by atoms with Crippen molar-refractivity contribution < 1.29 is 9.21 Å². The highest BCUT2D eigenvalue weighted by Gasteiger charge is 2.38. The molecule has 5 aromatic rings. The van der Waals surface area contributed by atoms with Crippen LogP contribution in [0.5, 0.6) is 0 Å². The molecule has 6 rings (SSSR count). The Morgan fingerprint density at radius 1 is 1.26 bits per heavy atom. The van der Waals surface area contributed by atoms with Gasteiger partial charge in [0.25, 0.3) is 5.89 Å². The Labute approximate surface area is 204 Å². The molecule has 0 aliphatic carbocycles. The number of fused-ring (bicyclic) bond motifs is 2. The van der Waals surface area contributed by atoms with Crippen LogP contribution in [0.3, 0.4) is 0 Å². The molecule has 0 radical (unpaired) electrons. The molecule has 0 fully saturated rings. The summed E-state index contributed by atoms with van der Waals surface area (Å²) >= 11 is 0. The second kappa shape index (κ2) is 8.36. The first-order valence-electron chi connectivity index (χ1n) is 11.1. The largest absolute Gasteiger partial charge is 0.412 e. The van der Waals surface area contributed by atoms with Crippen LogP contribution in [0.2, 0.25) is 0 Å². The number of H-pyrrole nitrogens is 1. The monoisotopic (exact) mass is 507 g/mol. The van der Waals surface area contributed by atoms with E-state index in [0.717, 1.165) is 34.0 Å². The minimum atomic E-state index is -0.492. The van der Waals surface area contributed by atoms with E-state index in [4.69, 9.17) is 9.52 Å². The summed E-state index contributed by atoms with van der Waals surface area (Å²) in [5.41, 5.74) is 5.88. The van der Waals surface area contributed by atoms with Gasteiger partial charge in [-0.25, -0.2) is 9.50 Å². The van der Waals surface area contributed by atoms with E-state index in [1.165, 1.54) is 0 Å². The molecule has 13 heteroatoms. The minimum Gasteiger partial charge on any atom is -0.412 e. The SMILES string of the molecule is Cc1nn(C)cc1-c1nnc(C(=O)N2CCc3[nH]cnc3[C@@H]2c2cc3cccc(C(P)P)n3n2)o1. The molecule has 0 aromatic carbocycles. The maximum atomic E-state index is 13.7. The number of carbonyl (C=O) groups excluding carboxylic acids is 1. The fourth-order valence-corrected chi connectivity index (χ4v) is 5.09. The summed E-state index contributed by atoms with van der Waals surface area (Å²) in [6.07, 6.45) is 4.08. The van der Waals surface area contributed by atoms with Crippen molar-refractivity contribution in [1.82, 2.24) is 44.5 Å². The number of hydrogen-bond acceptors (Lipinski definition) is 7. The lowest BCUT2D eigenvalue weighted by atomic mass is 9.99. The van der Waals surface area contributed by atoms with Crippen molar-refractivity contribution in [1.29, 1.82) is 0 Å². The fourth-order valence-electron chi connectivity index (χ4n) is 4.59. The summed E-state index contributed by atoms with van der Waals surface area (Å²) in [5, 5.41) is 17.5. The zero-order chi connectivity index (χ0) is 24.3.